The van der Waals surface area contributed by atoms with Crippen molar-refractivity contribution in [1.82, 2.24) is 10.2 Å². The Kier molecular flexibility index (Phi) is 5.43. The minimum Gasteiger partial charge on any atom is -0.352 e. The lowest BCUT2D eigenvalue weighted by Gasteiger charge is -2.17. The fourth-order valence-corrected chi connectivity index (χ4v) is 3.09. The van der Waals surface area contributed by atoms with Gasteiger partial charge in [-0.2, -0.15) is 0 Å². The number of hydrogen-bond acceptors (Lipinski definition) is 2. The van der Waals surface area contributed by atoms with Gasteiger partial charge in [-0.05, 0) is 24.1 Å². The molecule has 1 fully saturated rings. The minimum atomic E-state index is -0.535. The van der Waals surface area contributed by atoms with Crippen LogP contribution >= 0.6 is 0 Å². The van der Waals surface area contributed by atoms with Crippen molar-refractivity contribution in [2.24, 2.45) is 5.92 Å². The van der Waals surface area contributed by atoms with E-state index in [2.05, 4.69) is 5.32 Å². The first-order chi connectivity index (χ1) is 12.1. The molecule has 1 saturated heterocycles. The third-order valence-corrected chi connectivity index (χ3v) is 4.48. The van der Waals surface area contributed by atoms with E-state index in [0.717, 1.165) is 6.42 Å². The van der Waals surface area contributed by atoms with E-state index in [0.29, 0.717) is 26.1 Å². The van der Waals surface area contributed by atoms with Crippen LogP contribution in [0.5, 0.6) is 0 Å². The Morgan fingerprint density at radius 1 is 1.12 bits per heavy atom. The Hall–Kier alpha value is -2.69. The molecule has 1 heterocycles. The smallest absolute Gasteiger partial charge is 0.254 e. The summed E-state index contributed by atoms with van der Waals surface area (Å²) in [5, 5.41) is 2.74. The third kappa shape index (κ3) is 4.44. The maximum atomic E-state index is 13.6. The number of likely N-dealkylation sites (tertiary alicyclic amines) is 1. The summed E-state index contributed by atoms with van der Waals surface area (Å²) >= 11 is 0. The number of benzene rings is 2. The molecule has 1 aliphatic heterocycles. The molecule has 0 spiro atoms. The minimum absolute atomic E-state index is 0.0350. The van der Waals surface area contributed by atoms with E-state index in [1.165, 1.54) is 17.7 Å². The third-order valence-electron chi connectivity index (χ3n) is 4.48. The van der Waals surface area contributed by atoms with Gasteiger partial charge in [-0.25, -0.2) is 4.39 Å². The number of hydrogen-bond donors (Lipinski definition) is 1. The van der Waals surface area contributed by atoms with Crippen LogP contribution in [0.3, 0.4) is 0 Å². The monoisotopic (exact) mass is 340 g/mol. The predicted octanol–water partition coefficient (Wildman–Crippen LogP) is 2.65. The first kappa shape index (κ1) is 17.1. The molecule has 3 rings (SSSR count). The molecular formula is C20H21FN2O2. The van der Waals surface area contributed by atoms with Gasteiger partial charge >= 0.3 is 0 Å². The van der Waals surface area contributed by atoms with Crippen LogP contribution in [-0.2, 0) is 11.2 Å². The fraction of sp³-hybridized carbons (Fsp3) is 0.300. The van der Waals surface area contributed by atoms with E-state index < -0.39 is 11.7 Å². The summed E-state index contributed by atoms with van der Waals surface area (Å²) in [6.07, 6.45) is 1.24. The van der Waals surface area contributed by atoms with Crippen LogP contribution < -0.4 is 5.32 Å². The Morgan fingerprint density at radius 2 is 1.84 bits per heavy atom. The second-order valence-electron chi connectivity index (χ2n) is 6.34. The molecule has 1 aliphatic rings. The highest BCUT2D eigenvalue weighted by atomic mass is 19.1. The summed E-state index contributed by atoms with van der Waals surface area (Å²) in [5.74, 6) is -0.791. The van der Waals surface area contributed by atoms with E-state index in [9.17, 15) is 14.0 Å². The summed E-state index contributed by atoms with van der Waals surface area (Å²) in [5.41, 5.74) is 1.24. The molecule has 0 aromatic heterocycles. The van der Waals surface area contributed by atoms with Crippen LogP contribution in [0, 0.1) is 11.7 Å². The number of amides is 2. The van der Waals surface area contributed by atoms with Crippen molar-refractivity contribution in [3.05, 3.63) is 71.5 Å². The highest BCUT2D eigenvalue weighted by Crippen LogP contribution is 2.18. The van der Waals surface area contributed by atoms with Crippen molar-refractivity contribution in [3.63, 3.8) is 0 Å². The van der Waals surface area contributed by atoms with Crippen LogP contribution in [0.4, 0.5) is 4.39 Å². The molecule has 1 N–H and O–H groups in total. The second kappa shape index (κ2) is 7.92. The molecular weight excluding hydrogens is 319 g/mol. The van der Waals surface area contributed by atoms with Crippen molar-refractivity contribution in [1.29, 1.82) is 0 Å². The van der Waals surface area contributed by atoms with Gasteiger partial charge in [0.2, 0.25) is 5.91 Å². The first-order valence-corrected chi connectivity index (χ1v) is 8.48. The van der Waals surface area contributed by atoms with Crippen molar-refractivity contribution in [3.8, 4) is 0 Å². The molecule has 130 valence electrons. The molecule has 2 aromatic rings. The summed E-state index contributed by atoms with van der Waals surface area (Å²) < 4.78 is 13.6. The molecule has 25 heavy (non-hydrogen) atoms. The summed E-state index contributed by atoms with van der Waals surface area (Å²) in [6.45, 7) is 1.69. The van der Waals surface area contributed by atoms with Crippen LogP contribution in [0.1, 0.15) is 22.3 Å². The van der Waals surface area contributed by atoms with Gasteiger partial charge in [-0.3, -0.25) is 9.59 Å². The summed E-state index contributed by atoms with van der Waals surface area (Å²) in [7, 11) is 0. The average Bonchev–Trinajstić information content (AvgIpc) is 2.99. The Bertz CT molecular complexity index is 748. The van der Waals surface area contributed by atoms with Gasteiger partial charge in [0.15, 0.2) is 0 Å². The van der Waals surface area contributed by atoms with Gasteiger partial charge in [-0.1, -0.05) is 42.5 Å². The maximum Gasteiger partial charge on any atom is 0.254 e. The molecule has 5 heteroatoms. The number of carbonyl (C=O) groups is 2. The van der Waals surface area contributed by atoms with E-state index in [4.69, 9.17) is 0 Å². The zero-order chi connectivity index (χ0) is 17.6. The lowest BCUT2D eigenvalue weighted by molar-refractivity contribution is -0.127. The van der Waals surface area contributed by atoms with Crippen LogP contribution in [0.15, 0.2) is 54.6 Å². The number of rotatable bonds is 6. The average molecular weight is 340 g/mol. The van der Waals surface area contributed by atoms with Gasteiger partial charge in [0.1, 0.15) is 5.82 Å². The van der Waals surface area contributed by atoms with Crippen LogP contribution in [0.2, 0.25) is 0 Å². The van der Waals surface area contributed by atoms with E-state index in [1.54, 1.807) is 12.1 Å². The van der Waals surface area contributed by atoms with Crippen LogP contribution in [-0.4, -0.2) is 36.3 Å². The van der Waals surface area contributed by atoms with Crippen molar-refractivity contribution < 1.29 is 14.0 Å². The molecule has 0 aliphatic carbocycles. The number of carbonyl (C=O) groups excluding carboxylic acids is 2. The molecule has 2 aromatic carbocycles. The highest BCUT2D eigenvalue weighted by Gasteiger charge is 2.29. The first-order valence-electron chi connectivity index (χ1n) is 8.48. The van der Waals surface area contributed by atoms with Gasteiger partial charge in [0.05, 0.1) is 5.56 Å². The molecule has 1 unspecified atom stereocenters. The normalized spacial score (nSPS) is 16.9. The standard InChI is InChI=1S/C20H21FN2O2/c21-18-9-5-4-8-17(18)20(25)22-13-16-12-19(24)23(14-16)11-10-15-6-2-1-3-7-15/h1-9,16H,10-14H2,(H,22,25). The predicted molar refractivity (Wildman–Crippen MR) is 93.6 cm³/mol. The van der Waals surface area contributed by atoms with Gasteiger partial charge < -0.3 is 10.2 Å². The van der Waals surface area contributed by atoms with Crippen molar-refractivity contribution >= 4 is 11.8 Å². The Morgan fingerprint density at radius 3 is 2.60 bits per heavy atom. The Labute approximate surface area is 146 Å². The quantitative estimate of drug-likeness (QED) is 0.879. The lowest BCUT2D eigenvalue weighted by Crippen LogP contribution is -2.32. The van der Waals surface area contributed by atoms with E-state index >= 15 is 0 Å². The van der Waals surface area contributed by atoms with Crippen LogP contribution in [0.25, 0.3) is 0 Å². The summed E-state index contributed by atoms with van der Waals surface area (Å²) in [6, 6.07) is 15.9. The van der Waals surface area contributed by atoms with Crippen molar-refractivity contribution in [2.75, 3.05) is 19.6 Å². The molecule has 0 bridgehead atoms. The lowest BCUT2D eigenvalue weighted by atomic mass is 10.1. The SMILES string of the molecule is O=C(NCC1CC(=O)N(CCc2ccccc2)C1)c1ccccc1F. The Balaban J connectivity index is 1.48. The highest BCUT2D eigenvalue weighted by molar-refractivity contribution is 5.94. The van der Waals surface area contributed by atoms with E-state index in [1.807, 2.05) is 35.2 Å². The zero-order valence-corrected chi connectivity index (χ0v) is 14.0. The van der Waals surface area contributed by atoms with Crippen molar-refractivity contribution in [2.45, 2.75) is 12.8 Å². The summed E-state index contributed by atoms with van der Waals surface area (Å²) in [4.78, 5) is 26.0. The number of nitrogens with zero attached hydrogens (tertiary/aromatic N) is 1. The number of halogens is 1. The largest absolute Gasteiger partial charge is 0.352 e. The topological polar surface area (TPSA) is 49.4 Å². The fourth-order valence-electron chi connectivity index (χ4n) is 3.09. The number of nitrogens with one attached hydrogen (secondary N) is 1. The zero-order valence-electron chi connectivity index (χ0n) is 14.0. The molecule has 0 saturated carbocycles. The molecule has 4 nitrogen and oxygen atoms in total. The van der Waals surface area contributed by atoms with Gasteiger partial charge in [-0.15, -0.1) is 0 Å². The van der Waals surface area contributed by atoms with E-state index in [-0.39, 0.29) is 17.4 Å². The van der Waals surface area contributed by atoms with Gasteiger partial charge in [0, 0.05) is 32.0 Å². The molecule has 1 atom stereocenters. The maximum absolute atomic E-state index is 13.6. The molecule has 2 amide bonds. The van der Waals surface area contributed by atoms with Gasteiger partial charge in [0.25, 0.3) is 5.91 Å². The molecule has 0 radical (unpaired) electrons. The second-order valence-corrected chi connectivity index (χ2v) is 6.34.